The molecule has 2 nitrogen and oxygen atoms in total. The summed E-state index contributed by atoms with van der Waals surface area (Å²) in [6, 6.07) is 4.96. The molecular weight excluding hydrogens is 316 g/mol. The normalized spacial score (nSPS) is 10.7. The third-order valence-corrected chi connectivity index (χ3v) is 3.89. The summed E-state index contributed by atoms with van der Waals surface area (Å²) in [5, 5.41) is 10.7. The third kappa shape index (κ3) is 2.58. The molecule has 6 heteroatoms. The molecule has 1 aromatic heterocycles. The summed E-state index contributed by atoms with van der Waals surface area (Å²) in [4.78, 5) is 4.17. The summed E-state index contributed by atoms with van der Waals surface area (Å²) in [6.07, 6.45) is 1.48. The van der Waals surface area contributed by atoms with E-state index in [4.69, 9.17) is 46.4 Å². The first-order chi connectivity index (χ1) is 8.54. The standard InChI is InChI=1S/C12H7Cl4NO/c13-7-3-6(5-18)12(17-4-7)8-1-2-9(14)11(16)10(8)15/h1-4,18H,5H2. The van der Waals surface area contributed by atoms with Crippen molar-refractivity contribution in [3.05, 3.63) is 50.0 Å². The zero-order valence-electron chi connectivity index (χ0n) is 8.92. The van der Waals surface area contributed by atoms with Gasteiger partial charge in [0.2, 0.25) is 0 Å². The highest BCUT2D eigenvalue weighted by Crippen LogP contribution is 2.38. The van der Waals surface area contributed by atoms with E-state index >= 15 is 0 Å². The van der Waals surface area contributed by atoms with Gasteiger partial charge in [-0.15, -0.1) is 0 Å². The van der Waals surface area contributed by atoms with Gasteiger partial charge in [-0.3, -0.25) is 4.98 Å². The maximum Gasteiger partial charge on any atom is 0.0785 e. The summed E-state index contributed by atoms with van der Waals surface area (Å²) < 4.78 is 0. The van der Waals surface area contributed by atoms with Gasteiger partial charge in [-0.25, -0.2) is 0 Å². The van der Waals surface area contributed by atoms with Crippen LogP contribution >= 0.6 is 46.4 Å². The van der Waals surface area contributed by atoms with Crippen molar-refractivity contribution in [1.82, 2.24) is 4.98 Å². The van der Waals surface area contributed by atoms with Gasteiger partial charge in [0.05, 0.1) is 32.4 Å². The van der Waals surface area contributed by atoms with Gasteiger partial charge in [0.15, 0.2) is 0 Å². The van der Waals surface area contributed by atoms with Crippen molar-refractivity contribution >= 4 is 46.4 Å². The fourth-order valence-corrected chi connectivity index (χ4v) is 2.36. The van der Waals surface area contributed by atoms with Gasteiger partial charge in [-0.1, -0.05) is 46.4 Å². The molecule has 0 spiro atoms. The number of hydrogen-bond donors (Lipinski definition) is 1. The lowest BCUT2D eigenvalue weighted by atomic mass is 10.1. The number of aromatic nitrogens is 1. The van der Waals surface area contributed by atoms with Crippen LogP contribution in [0.5, 0.6) is 0 Å². The van der Waals surface area contributed by atoms with Gasteiger partial charge in [0, 0.05) is 17.3 Å². The van der Waals surface area contributed by atoms with E-state index in [1.165, 1.54) is 6.20 Å². The van der Waals surface area contributed by atoms with Gasteiger partial charge < -0.3 is 5.11 Å². The summed E-state index contributed by atoms with van der Waals surface area (Å²) in [7, 11) is 0. The molecule has 18 heavy (non-hydrogen) atoms. The minimum absolute atomic E-state index is 0.195. The molecule has 0 saturated heterocycles. The van der Waals surface area contributed by atoms with E-state index in [-0.39, 0.29) is 11.6 Å². The molecule has 0 amide bonds. The van der Waals surface area contributed by atoms with Crippen molar-refractivity contribution in [2.24, 2.45) is 0 Å². The molecule has 0 bridgehead atoms. The van der Waals surface area contributed by atoms with Crippen molar-refractivity contribution in [3.63, 3.8) is 0 Å². The Morgan fingerprint density at radius 2 is 1.78 bits per heavy atom. The van der Waals surface area contributed by atoms with Crippen molar-refractivity contribution in [2.45, 2.75) is 6.61 Å². The first-order valence-corrected chi connectivity index (χ1v) is 6.45. The van der Waals surface area contributed by atoms with Crippen LogP contribution in [-0.4, -0.2) is 10.1 Å². The molecule has 0 aliphatic rings. The number of halogens is 4. The first-order valence-electron chi connectivity index (χ1n) is 4.93. The van der Waals surface area contributed by atoms with Crippen molar-refractivity contribution in [3.8, 4) is 11.3 Å². The van der Waals surface area contributed by atoms with Gasteiger partial charge >= 0.3 is 0 Å². The summed E-state index contributed by atoms with van der Waals surface area (Å²) >= 11 is 23.8. The number of hydrogen-bond acceptors (Lipinski definition) is 2. The molecule has 1 heterocycles. The zero-order chi connectivity index (χ0) is 13.3. The smallest absolute Gasteiger partial charge is 0.0785 e. The van der Waals surface area contributed by atoms with Crippen LogP contribution in [0.15, 0.2) is 24.4 Å². The maximum absolute atomic E-state index is 9.32. The Morgan fingerprint density at radius 1 is 1.06 bits per heavy atom. The Kier molecular flexibility index (Phi) is 4.36. The highest BCUT2D eigenvalue weighted by molar-refractivity contribution is 6.49. The SMILES string of the molecule is OCc1cc(Cl)cnc1-c1ccc(Cl)c(Cl)c1Cl. The summed E-state index contributed by atoms with van der Waals surface area (Å²) in [5.41, 5.74) is 1.71. The Labute approximate surface area is 124 Å². The minimum Gasteiger partial charge on any atom is -0.392 e. The van der Waals surface area contributed by atoms with E-state index < -0.39 is 0 Å². The lowest BCUT2D eigenvalue weighted by Gasteiger charge is -2.10. The molecular formula is C12H7Cl4NO. The maximum atomic E-state index is 9.32. The number of rotatable bonds is 2. The van der Waals surface area contributed by atoms with Crippen LogP contribution in [-0.2, 0) is 6.61 Å². The van der Waals surface area contributed by atoms with E-state index in [9.17, 15) is 5.11 Å². The largest absolute Gasteiger partial charge is 0.392 e. The Bertz CT molecular complexity index is 601. The number of pyridine rings is 1. The Balaban J connectivity index is 2.66. The number of aliphatic hydroxyl groups is 1. The van der Waals surface area contributed by atoms with E-state index in [0.717, 1.165) is 0 Å². The van der Waals surface area contributed by atoms with Crippen LogP contribution in [0.3, 0.4) is 0 Å². The van der Waals surface area contributed by atoms with Crippen LogP contribution in [0, 0.1) is 0 Å². The van der Waals surface area contributed by atoms with Crippen LogP contribution in [0.4, 0.5) is 0 Å². The van der Waals surface area contributed by atoms with Crippen molar-refractivity contribution in [1.29, 1.82) is 0 Å². The molecule has 2 aromatic rings. The van der Waals surface area contributed by atoms with Crippen molar-refractivity contribution in [2.75, 3.05) is 0 Å². The van der Waals surface area contributed by atoms with Gasteiger partial charge in [0.1, 0.15) is 0 Å². The fourth-order valence-electron chi connectivity index (χ4n) is 1.55. The van der Waals surface area contributed by atoms with Gasteiger partial charge in [0.25, 0.3) is 0 Å². The second kappa shape index (κ2) is 5.64. The number of aliphatic hydroxyl groups excluding tert-OH is 1. The second-order valence-electron chi connectivity index (χ2n) is 3.54. The molecule has 0 fully saturated rings. The molecule has 94 valence electrons. The van der Waals surface area contributed by atoms with Crippen LogP contribution in [0.25, 0.3) is 11.3 Å². The molecule has 0 saturated carbocycles. The van der Waals surface area contributed by atoms with Crippen LogP contribution in [0.2, 0.25) is 20.1 Å². The van der Waals surface area contributed by atoms with E-state index in [1.807, 2.05) is 0 Å². The predicted octanol–water partition coefficient (Wildman–Crippen LogP) is 4.85. The van der Waals surface area contributed by atoms with Crippen LogP contribution in [0.1, 0.15) is 5.56 Å². The molecule has 0 aliphatic carbocycles. The van der Waals surface area contributed by atoms with E-state index in [2.05, 4.69) is 4.98 Å². The third-order valence-electron chi connectivity index (χ3n) is 2.39. The first kappa shape index (κ1) is 13.9. The van der Waals surface area contributed by atoms with E-state index in [0.29, 0.717) is 31.9 Å². The zero-order valence-corrected chi connectivity index (χ0v) is 11.9. The molecule has 1 N–H and O–H groups in total. The lowest BCUT2D eigenvalue weighted by molar-refractivity contribution is 0.282. The molecule has 1 aromatic carbocycles. The monoisotopic (exact) mass is 321 g/mol. The minimum atomic E-state index is -0.195. The summed E-state index contributed by atoms with van der Waals surface area (Å²) in [6.45, 7) is -0.195. The summed E-state index contributed by atoms with van der Waals surface area (Å²) in [5.74, 6) is 0. The Morgan fingerprint density at radius 3 is 2.44 bits per heavy atom. The van der Waals surface area contributed by atoms with Crippen LogP contribution < -0.4 is 0 Å². The molecule has 0 aliphatic heterocycles. The van der Waals surface area contributed by atoms with E-state index in [1.54, 1.807) is 18.2 Å². The Hall–Kier alpha value is -0.510. The second-order valence-corrected chi connectivity index (χ2v) is 5.14. The number of benzene rings is 1. The quantitative estimate of drug-likeness (QED) is 0.801. The highest BCUT2D eigenvalue weighted by atomic mass is 35.5. The number of nitrogens with zero attached hydrogens (tertiary/aromatic N) is 1. The fraction of sp³-hybridized carbons (Fsp3) is 0.0833. The molecule has 0 atom stereocenters. The molecule has 0 radical (unpaired) electrons. The van der Waals surface area contributed by atoms with Gasteiger partial charge in [-0.2, -0.15) is 0 Å². The average molecular weight is 323 g/mol. The highest BCUT2D eigenvalue weighted by Gasteiger charge is 2.14. The molecule has 0 unspecified atom stereocenters. The predicted molar refractivity (Wildman–Crippen MR) is 75.6 cm³/mol. The topological polar surface area (TPSA) is 33.1 Å². The lowest BCUT2D eigenvalue weighted by Crippen LogP contribution is -1.94. The van der Waals surface area contributed by atoms with Crippen molar-refractivity contribution < 1.29 is 5.11 Å². The van der Waals surface area contributed by atoms with Gasteiger partial charge in [-0.05, 0) is 18.2 Å². The molecule has 2 rings (SSSR count). The average Bonchev–Trinajstić information content (AvgIpc) is 2.37.